The normalized spacial score (nSPS) is 22.0. The van der Waals surface area contributed by atoms with Crippen LogP contribution in [0.5, 0.6) is 0 Å². The number of benzene rings is 1. The van der Waals surface area contributed by atoms with Crippen molar-refractivity contribution in [3.8, 4) is 0 Å². The Morgan fingerprint density at radius 1 is 1.21 bits per heavy atom. The van der Waals surface area contributed by atoms with Crippen molar-refractivity contribution in [2.75, 3.05) is 18.0 Å². The van der Waals surface area contributed by atoms with Gasteiger partial charge in [0, 0.05) is 17.8 Å². The van der Waals surface area contributed by atoms with Gasteiger partial charge in [-0.1, -0.05) is 17.7 Å². The summed E-state index contributed by atoms with van der Waals surface area (Å²) in [6.07, 6.45) is 2.39. The van der Waals surface area contributed by atoms with E-state index in [0.717, 1.165) is 19.5 Å². The van der Waals surface area contributed by atoms with E-state index in [4.69, 9.17) is 5.73 Å². The first-order chi connectivity index (χ1) is 8.87. The van der Waals surface area contributed by atoms with E-state index in [9.17, 15) is 0 Å². The van der Waals surface area contributed by atoms with E-state index in [1.165, 1.54) is 28.8 Å². The minimum absolute atomic E-state index is 0.212. The number of rotatable bonds is 3. The van der Waals surface area contributed by atoms with Crippen LogP contribution in [0.25, 0.3) is 0 Å². The van der Waals surface area contributed by atoms with Crippen LogP contribution in [0.15, 0.2) is 12.1 Å². The molecule has 0 bridgehead atoms. The monoisotopic (exact) mass is 260 g/mol. The molecule has 1 unspecified atom stereocenters. The molecule has 0 saturated carbocycles. The quantitative estimate of drug-likeness (QED) is 0.900. The Labute approximate surface area is 118 Å². The molecule has 1 heterocycles. The van der Waals surface area contributed by atoms with Gasteiger partial charge in [0.1, 0.15) is 0 Å². The molecule has 2 rings (SSSR count). The fraction of sp³-hybridized carbons (Fsp3) is 0.647. The Hall–Kier alpha value is -1.02. The van der Waals surface area contributed by atoms with Crippen LogP contribution in [0.2, 0.25) is 0 Å². The van der Waals surface area contributed by atoms with Gasteiger partial charge in [-0.15, -0.1) is 0 Å². The summed E-state index contributed by atoms with van der Waals surface area (Å²) in [5.41, 5.74) is 11.6. The maximum Gasteiger partial charge on any atom is 0.0430 e. The van der Waals surface area contributed by atoms with Gasteiger partial charge in [-0.2, -0.15) is 0 Å². The molecule has 19 heavy (non-hydrogen) atoms. The molecule has 1 saturated heterocycles. The van der Waals surface area contributed by atoms with Crippen molar-refractivity contribution < 1.29 is 0 Å². The molecule has 0 aliphatic carbocycles. The third-order valence-electron chi connectivity index (χ3n) is 4.82. The van der Waals surface area contributed by atoms with E-state index in [1.807, 2.05) is 0 Å². The standard InChI is InChI=1S/C17H28N2/c1-12-10-13(2)16(14(3)11-12)19-9-7-15(6-8-18)17(19,4)5/h10-11,15H,6-9,18H2,1-5H3. The Morgan fingerprint density at radius 2 is 1.79 bits per heavy atom. The lowest BCUT2D eigenvalue weighted by molar-refractivity contribution is 0.348. The van der Waals surface area contributed by atoms with Gasteiger partial charge in [0.25, 0.3) is 0 Å². The minimum Gasteiger partial charge on any atom is -0.366 e. The Balaban J connectivity index is 2.38. The van der Waals surface area contributed by atoms with E-state index >= 15 is 0 Å². The van der Waals surface area contributed by atoms with Gasteiger partial charge in [0.2, 0.25) is 0 Å². The van der Waals surface area contributed by atoms with Crippen molar-refractivity contribution >= 4 is 5.69 Å². The zero-order chi connectivity index (χ0) is 14.2. The molecule has 0 amide bonds. The van der Waals surface area contributed by atoms with Crippen LogP contribution in [-0.2, 0) is 0 Å². The number of hydrogen-bond donors (Lipinski definition) is 1. The Morgan fingerprint density at radius 3 is 2.32 bits per heavy atom. The molecule has 2 nitrogen and oxygen atoms in total. The molecule has 2 N–H and O–H groups in total. The SMILES string of the molecule is Cc1cc(C)c(N2CCC(CCN)C2(C)C)c(C)c1. The number of nitrogens with two attached hydrogens (primary N) is 1. The maximum absolute atomic E-state index is 5.77. The van der Waals surface area contributed by atoms with Gasteiger partial charge in [0.05, 0.1) is 0 Å². The molecule has 1 aliphatic rings. The summed E-state index contributed by atoms with van der Waals surface area (Å²) in [5, 5.41) is 0. The first kappa shape index (κ1) is 14.4. The Bertz CT molecular complexity index is 439. The summed E-state index contributed by atoms with van der Waals surface area (Å²) in [7, 11) is 0. The smallest absolute Gasteiger partial charge is 0.0430 e. The van der Waals surface area contributed by atoms with Crippen molar-refractivity contribution in [1.29, 1.82) is 0 Å². The molecule has 1 atom stereocenters. The maximum atomic E-state index is 5.77. The van der Waals surface area contributed by atoms with Gasteiger partial charge in [0.15, 0.2) is 0 Å². The summed E-state index contributed by atoms with van der Waals surface area (Å²) in [5.74, 6) is 0.706. The van der Waals surface area contributed by atoms with Crippen molar-refractivity contribution in [2.45, 2.75) is 53.0 Å². The zero-order valence-electron chi connectivity index (χ0n) is 13.1. The lowest BCUT2D eigenvalue weighted by atomic mass is 9.85. The van der Waals surface area contributed by atoms with Crippen LogP contribution in [0.3, 0.4) is 0 Å². The van der Waals surface area contributed by atoms with Gasteiger partial charge < -0.3 is 10.6 Å². The summed E-state index contributed by atoms with van der Waals surface area (Å²) >= 11 is 0. The molecule has 1 aromatic rings. The van der Waals surface area contributed by atoms with E-state index in [2.05, 4.69) is 51.7 Å². The van der Waals surface area contributed by atoms with Crippen LogP contribution >= 0.6 is 0 Å². The first-order valence-corrected chi connectivity index (χ1v) is 7.43. The largest absolute Gasteiger partial charge is 0.366 e. The van der Waals surface area contributed by atoms with Crippen LogP contribution in [0, 0.1) is 26.7 Å². The van der Waals surface area contributed by atoms with Crippen LogP contribution < -0.4 is 10.6 Å². The second kappa shape index (κ2) is 5.16. The highest BCUT2D eigenvalue weighted by Gasteiger charge is 2.41. The van der Waals surface area contributed by atoms with Crippen molar-refractivity contribution in [3.05, 3.63) is 28.8 Å². The molecule has 2 heteroatoms. The van der Waals surface area contributed by atoms with Crippen LogP contribution in [0.4, 0.5) is 5.69 Å². The molecule has 0 aromatic heterocycles. The molecule has 106 valence electrons. The van der Waals surface area contributed by atoms with Crippen molar-refractivity contribution in [1.82, 2.24) is 0 Å². The lowest BCUT2D eigenvalue weighted by Crippen LogP contribution is -2.43. The molecular weight excluding hydrogens is 232 g/mol. The second-order valence-electron chi connectivity index (χ2n) is 6.62. The van der Waals surface area contributed by atoms with Crippen molar-refractivity contribution in [3.63, 3.8) is 0 Å². The number of hydrogen-bond acceptors (Lipinski definition) is 2. The summed E-state index contributed by atoms with van der Waals surface area (Å²) in [6.45, 7) is 13.4. The van der Waals surface area contributed by atoms with Crippen LogP contribution in [0.1, 0.15) is 43.4 Å². The predicted molar refractivity (Wildman–Crippen MR) is 83.9 cm³/mol. The number of aryl methyl sites for hydroxylation is 3. The highest BCUT2D eigenvalue weighted by Crippen LogP contribution is 2.42. The minimum atomic E-state index is 0.212. The Kier molecular flexibility index (Phi) is 3.91. The lowest BCUT2D eigenvalue weighted by Gasteiger charge is -2.39. The van der Waals surface area contributed by atoms with Gasteiger partial charge in [-0.3, -0.25) is 0 Å². The van der Waals surface area contributed by atoms with E-state index in [0.29, 0.717) is 5.92 Å². The topological polar surface area (TPSA) is 29.3 Å². The molecule has 0 spiro atoms. The highest BCUT2D eigenvalue weighted by molar-refractivity contribution is 5.62. The van der Waals surface area contributed by atoms with E-state index in [-0.39, 0.29) is 5.54 Å². The third-order valence-corrected chi connectivity index (χ3v) is 4.82. The van der Waals surface area contributed by atoms with E-state index in [1.54, 1.807) is 0 Å². The van der Waals surface area contributed by atoms with Crippen molar-refractivity contribution in [2.24, 2.45) is 11.7 Å². The molecule has 1 fully saturated rings. The van der Waals surface area contributed by atoms with E-state index < -0.39 is 0 Å². The third kappa shape index (κ3) is 2.51. The predicted octanol–water partition coefficient (Wildman–Crippen LogP) is 3.57. The van der Waals surface area contributed by atoms with Gasteiger partial charge >= 0.3 is 0 Å². The van der Waals surface area contributed by atoms with Gasteiger partial charge in [-0.05, 0) is 71.0 Å². The summed E-state index contributed by atoms with van der Waals surface area (Å²) in [6, 6.07) is 4.60. The second-order valence-corrected chi connectivity index (χ2v) is 6.62. The zero-order valence-corrected chi connectivity index (χ0v) is 13.1. The van der Waals surface area contributed by atoms with Gasteiger partial charge in [-0.25, -0.2) is 0 Å². The number of anilines is 1. The molecular formula is C17H28N2. The first-order valence-electron chi connectivity index (χ1n) is 7.43. The molecule has 0 radical (unpaired) electrons. The average Bonchev–Trinajstić information content (AvgIpc) is 2.55. The molecule has 1 aromatic carbocycles. The fourth-order valence-corrected chi connectivity index (χ4v) is 3.84. The number of nitrogens with zero attached hydrogens (tertiary/aromatic N) is 1. The van der Waals surface area contributed by atoms with Crippen LogP contribution in [-0.4, -0.2) is 18.6 Å². The summed E-state index contributed by atoms with van der Waals surface area (Å²) < 4.78 is 0. The fourth-order valence-electron chi connectivity index (χ4n) is 3.84. The highest BCUT2D eigenvalue weighted by atomic mass is 15.2. The summed E-state index contributed by atoms with van der Waals surface area (Å²) in [4.78, 5) is 2.61. The molecule has 1 aliphatic heterocycles. The average molecular weight is 260 g/mol.